The van der Waals surface area contributed by atoms with Crippen molar-refractivity contribution in [1.82, 2.24) is 20.1 Å². The number of ether oxygens (including phenoxy) is 2. The fraction of sp³-hybridized carbons (Fsp3) is 0.318. The predicted octanol–water partition coefficient (Wildman–Crippen LogP) is 3.50. The fourth-order valence-electron chi connectivity index (χ4n) is 3.67. The number of hydrogen-bond donors (Lipinski definition) is 1. The van der Waals surface area contributed by atoms with E-state index in [2.05, 4.69) is 15.5 Å². The second-order valence-electron chi connectivity index (χ2n) is 7.25. The summed E-state index contributed by atoms with van der Waals surface area (Å²) in [5.41, 5.74) is 2.82. The lowest BCUT2D eigenvalue weighted by molar-refractivity contribution is 0.185. The normalized spacial score (nSPS) is 17.7. The summed E-state index contributed by atoms with van der Waals surface area (Å²) in [7, 11) is 3.33. The Balaban J connectivity index is 1.99. The molecule has 7 nitrogen and oxygen atoms in total. The van der Waals surface area contributed by atoms with Gasteiger partial charge in [0.1, 0.15) is 11.6 Å². The predicted molar refractivity (Wildman–Crippen MR) is 117 cm³/mol. The van der Waals surface area contributed by atoms with Crippen molar-refractivity contribution in [3.05, 3.63) is 70.3 Å². The van der Waals surface area contributed by atoms with Crippen molar-refractivity contribution in [2.24, 2.45) is 4.99 Å². The quantitative estimate of drug-likeness (QED) is 0.612. The van der Waals surface area contributed by atoms with Crippen LogP contribution < -0.4 is 10.1 Å². The molecule has 1 aliphatic rings. The molecule has 0 aliphatic carbocycles. The molecule has 1 unspecified atom stereocenters. The Morgan fingerprint density at radius 1 is 1.10 bits per heavy atom. The molecule has 2 heterocycles. The number of aliphatic imine (C=N–C) groups is 1. The van der Waals surface area contributed by atoms with E-state index < -0.39 is 5.66 Å². The Bertz CT molecular complexity index is 1090. The summed E-state index contributed by atoms with van der Waals surface area (Å²) in [6.45, 7) is 5.10. The van der Waals surface area contributed by atoms with Crippen LogP contribution in [0.5, 0.6) is 5.75 Å². The molecular weight excluding hydrogens is 402 g/mol. The second-order valence-corrected chi connectivity index (χ2v) is 7.68. The molecule has 8 heteroatoms. The van der Waals surface area contributed by atoms with E-state index >= 15 is 0 Å². The summed E-state index contributed by atoms with van der Waals surface area (Å²) in [4.78, 5) is 5.18. The molecule has 0 fully saturated rings. The Morgan fingerprint density at radius 2 is 1.87 bits per heavy atom. The minimum absolute atomic E-state index is 0.551. The monoisotopic (exact) mass is 425 g/mol. The van der Waals surface area contributed by atoms with Crippen LogP contribution in [0.4, 0.5) is 0 Å². The summed E-state index contributed by atoms with van der Waals surface area (Å²) in [6.07, 6.45) is 0. The zero-order chi connectivity index (χ0) is 21.3. The van der Waals surface area contributed by atoms with E-state index in [-0.39, 0.29) is 0 Å². The van der Waals surface area contributed by atoms with Crippen LogP contribution in [0.2, 0.25) is 5.02 Å². The smallest absolute Gasteiger partial charge is 0.180 e. The number of halogens is 1. The largest absolute Gasteiger partial charge is 0.497 e. The highest BCUT2D eigenvalue weighted by molar-refractivity contribution is 6.30. The van der Waals surface area contributed by atoms with Crippen LogP contribution in [0.1, 0.15) is 29.7 Å². The third-order valence-electron chi connectivity index (χ3n) is 5.19. The van der Waals surface area contributed by atoms with Crippen molar-refractivity contribution < 1.29 is 9.47 Å². The van der Waals surface area contributed by atoms with Crippen LogP contribution in [0, 0.1) is 6.92 Å². The third-order valence-corrected chi connectivity index (χ3v) is 5.44. The van der Waals surface area contributed by atoms with Crippen molar-refractivity contribution >= 4 is 17.3 Å². The van der Waals surface area contributed by atoms with Gasteiger partial charge in [-0.2, -0.15) is 0 Å². The van der Waals surface area contributed by atoms with Gasteiger partial charge in [0.15, 0.2) is 11.5 Å². The number of rotatable bonds is 6. The van der Waals surface area contributed by atoms with Gasteiger partial charge in [-0.1, -0.05) is 23.7 Å². The highest BCUT2D eigenvalue weighted by Crippen LogP contribution is 2.34. The topological polar surface area (TPSA) is 73.6 Å². The molecule has 3 aromatic rings. The van der Waals surface area contributed by atoms with E-state index in [4.69, 9.17) is 26.1 Å². The molecule has 0 spiro atoms. The minimum atomic E-state index is -0.818. The molecule has 1 aliphatic heterocycles. The lowest BCUT2D eigenvalue weighted by atomic mass is 10.00. The SMILES string of the molecule is COCCNC1(C)N=C(c2ccc(Cl)cc2)c2cc(OC)ccc2-n2c(C)nnc21. The van der Waals surface area contributed by atoms with Crippen LogP contribution in [-0.4, -0.2) is 47.8 Å². The fourth-order valence-corrected chi connectivity index (χ4v) is 3.80. The van der Waals surface area contributed by atoms with Gasteiger partial charge in [-0.05, 0) is 44.2 Å². The number of benzene rings is 2. The molecule has 0 amide bonds. The first kappa shape index (κ1) is 20.5. The Hall–Kier alpha value is -2.74. The number of nitrogens with zero attached hydrogens (tertiary/aromatic N) is 4. The molecule has 0 radical (unpaired) electrons. The number of aryl methyl sites for hydroxylation is 1. The molecule has 0 saturated heterocycles. The van der Waals surface area contributed by atoms with E-state index in [0.29, 0.717) is 24.0 Å². The van der Waals surface area contributed by atoms with Crippen LogP contribution in [0.25, 0.3) is 5.69 Å². The van der Waals surface area contributed by atoms with E-state index in [1.165, 1.54) is 0 Å². The number of aromatic nitrogens is 3. The molecule has 2 aromatic carbocycles. The van der Waals surface area contributed by atoms with Crippen molar-refractivity contribution in [2.75, 3.05) is 27.4 Å². The first-order chi connectivity index (χ1) is 14.5. The van der Waals surface area contributed by atoms with Crippen molar-refractivity contribution in [1.29, 1.82) is 0 Å². The van der Waals surface area contributed by atoms with Gasteiger partial charge in [0, 0.05) is 29.8 Å². The van der Waals surface area contributed by atoms with Crippen molar-refractivity contribution in [3.8, 4) is 11.4 Å². The number of methoxy groups -OCH3 is 2. The van der Waals surface area contributed by atoms with Gasteiger partial charge >= 0.3 is 0 Å². The number of nitrogens with one attached hydrogen (secondary N) is 1. The Labute approximate surface area is 180 Å². The molecule has 30 heavy (non-hydrogen) atoms. The van der Waals surface area contributed by atoms with E-state index in [1.54, 1.807) is 14.2 Å². The molecule has 4 rings (SSSR count). The zero-order valence-electron chi connectivity index (χ0n) is 17.4. The van der Waals surface area contributed by atoms with Gasteiger partial charge in [-0.3, -0.25) is 14.9 Å². The molecule has 1 N–H and O–H groups in total. The summed E-state index contributed by atoms with van der Waals surface area (Å²) >= 11 is 6.14. The summed E-state index contributed by atoms with van der Waals surface area (Å²) in [5.74, 6) is 2.24. The van der Waals surface area contributed by atoms with Crippen LogP contribution in [0.15, 0.2) is 47.5 Å². The van der Waals surface area contributed by atoms with Crippen LogP contribution in [-0.2, 0) is 10.4 Å². The molecule has 0 saturated carbocycles. The van der Waals surface area contributed by atoms with Crippen LogP contribution in [0.3, 0.4) is 0 Å². The standard InChI is InChI=1S/C22H24ClN5O2/c1-14-26-27-21-22(2,24-11-12-29-3)25-20(15-5-7-16(23)8-6-15)18-13-17(30-4)9-10-19(18)28(14)21/h5-10,13,24H,11-12H2,1-4H3. The third kappa shape index (κ3) is 3.60. The average molecular weight is 426 g/mol. The maximum atomic E-state index is 6.14. The molecule has 0 bridgehead atoms. The highest BCUT2D eigenvalue weighted by atomic mass is 35.5. The van der Waals surface area contributed by atoms with E-state index in [0.717, 1.165) is 34.1 Å². The van der Waals surface area contributed by atoms with Gasteiger partial charge < -0.3 is 9.47 Å². The highest BCUT2D eigenvalue weighted by Gasteiger charge is 2.37. The van der Waals surface area contributed by atoms with Crippen molar-refractivity contribution in [2.45, 2.75) is 19.5 Å². The maximum absolute atomic E-state index is 6.14. The Kier molecular flexibility index (Phi) is 5.60. The molecule has 1 aromatic heterocycles. The van der Waals surface area contributed by atoms with Crippen LogP contribution >= 0.6 is 11.6 Å². The molecule has 1 atom stereocenters. The zero-order valence-corrected chi connectivity index (χ0v) is 18.2. The Morgan fingerprint density at radius 3 is 2.57 bits per heavy atom. The number of fused-ring (bicyclic) bond motifs is 3. The first-order valence-electron chi connectivity index (χ1n) is 9.68. The van der Waals surface area contributed by atoms with Crippen molar-refractivity contribution in [3.63, 3.8) is 0 Å². The summed E-state index contributed by atoms with van der Waals surface area (Å²) in [6, 6.07) is 13.6. The van der Waals surface area contributed by atoms with E-state index in [1.807, 2.05) is 60.9 Å². The summed E-state index contributed by atoms with van der Waals surface area (Å²) < 4.78 is 12.8. The maximum Gasteiger partial charge on any atom is 0.180 e. The van der Waals surface area contributed by atoms with Gasteiger partial charge in [0.2, 0.25) is 0 Å². The van der Waals surface area contributed by atoms with Gasteiger partial charge in [-0.15, -0.1) is 10.2 Å². The first-order valence-corrected chi connectivity index (χ1v) is 10.1. The van der Waals surface area contributed by atoms with Gasteiger partial charge in [0.05, 0.1) is 25.1 Å². The lowest BCUT2D eigenvalue weighted by Gasteiger charge is -2.25. The summed E-state index contributed by atoms with van der Waals surface area (Å²) in [5, 5.41) is 13.0. The van der Waals surface area contributed by atoms with E-state index in [9.17, 15) is 0 Å². The second kappa shape index (κ2) is 8.18. The van der Waals surface area contributed by atoms with Gasteiger partial charge in [-0.25, -0.2) is 0 Å². The lowest BCUT2D eigenvalue weighted by Crippen LogP contribution is -2.42. The minimum Gasteiger partial charge on any atom is -0.497 e. The number of hydrogen-bond acceptors (Lipinski definition) is 6. The van der Waals surface area contributed by atoms with Gasteiger partial charge in [0.25, 0.3) is 0 Å². The molecular formula is C22H24ClN5O2. The molecule has 156 valence electrons. The average Bonchev–Trinajstić information content (AvgIpc) is 3.10.